The number of phenolic OH excluding ortho intramolecular Hbond substituents is 1. The predicted octanol–water partition coefficient (Wildman–Crippen LogP) is 2.64. The molecule has 2 aromatic rings. The number of methoxy groups -OCH3 is 1. The van der Waals surface area contributed by atoms with Gasteiger partial charge >= 0.3 is 5.97 Å². The average Bonchev–Trinajstić information content (AvgIpc) is 2.55. The monoisotopic (exact) mass is 333 g/mol. The van der Waals surface area contributed by atoms with Gasteiger partial charge in [-0.1, -0.05) is 6.07 Å². The lowest BCUT2D eigenvalue weighted by Gasteiger charge is -2.10. The molecule has 0 heterocycles. The van der Waals surface area contributed by atoms with Gasteiger partial charge in [0.15, 0.2) is 6.61 Å². The number of rotatable bonds is 5. The average molecular weight is 333 g/mol. The van der Waals surface area contributed by atoms with Crippen LogP contribution in [0.15, 0.2) is 36.4 Å². The molecule has 0 atom stereocenters. The maximum atomic E-state index is 13.2. The van der Waals surface area contributed by atoms with Crippen LogP contribution in [0.1, 0.15) is 15.9 Å². The summed E-state index contributed by atoms with van der Waals surface area (Å²) in [7, 11) is 1.42. The molecule has 0 aliphatic carbocycles. The lowest BCUT2D eigenvalue weighted by Crippen LogP contribution is -2.21. The molecular formula is C17H16FNO5. The summed E-state index contributed by atoms with van der Waals surface area (Å²) in [4.78, 5) is 23.7. The first-order valence-corrected chi connectivity index (χ1v) is 7.01. The number of phenols is 1. The predicted molar refractivity (Wildman–Crippen MR) is 84.7 cm³/mol. The van der Waals surface area contributed by atoms with Crippen molar-refractivity contribution in [3.8, 4) is 11.5 Å². The van der Waals surface area contributed by atoms with Crippen molar-refractivity contribution in [3.63, 3.8) is 0 Å². The number of esters is 1. The SMILES string of the molecule is COc1ccc(C(=O)OCC(=O)Nc2cc(F)ccc2C)c(O)c1. The first kappa shape index (κ1) is 17.3. The highest BCUT2D eigenvalue weighted by Gasteiger charge is 2.15. The van der Waals surface area contributed by atoms with Gasteiger partial charge in [-0.05, 0) is 36.8 Å². The van der Waals surface area contributed by atoms with Crippen LogP contribution in [0.5, 0.6) is 11.5 Å². The molecular weight excluding hydrogens is 317 g/mol. The Kier molecular flexibility index (Phi) is 5.36. The zero-order chi connectivity index (χ0) is 17.7. The maximum Gasteiger partial charge on any atom is 0.342 e. The molecule has 0 radical (unpaired) electrons. The Bertz CT molecular complexity index is 776. The summed E-state index contributed by atoms with van der Waals surface area (Å²) in [6.07, 6.45) is 0. The Labute approximate surface area is 137 Å². The molecule has 0 fully saturated rings. The van der Waals surface area contributed by atoms with E-state index >= 15 is 0 Å². The first-order valence-electron chi connectivity index (χ1n) is 7.01. The van der Waals surface area contributed by atoms with Crippen LogP contribution in [0.3, 0.4) is 0 Å². The molecule has 0 aromatic heterocycles. The fourth-order valence-corrected chi connectivity index (χ4v) is 1.94. The van der Waals surface area contributed by atoms with E-state index in [1.54, 1.807) is 6.92 Å². The third kappa shape index (κ3) is 4.22. The van der Waals surface area contributed by atoms with Gasteiger partial charge in [0.05, 0.1) is 7.11 Å². The van der Waals surface area contributed by atoms with Crippen LogP contribution in [0.2, 0.25) is 0 Å². The molecule has 1 amide bonds. The van der Waals surface area contributed by atoms with Gasteiger partial charge in [0, 0.05) is 11.8 Å². The van der Waals surface area contributed by atoms with E-state index in [1.165, 1.54) is 43.5 Å². The Morgan fingerprint density at radius 1 is 1.21 bits per heavy atom. The van der Waals surface area contributed by atoms with Crippen molar-refractivity contribution in [2.75, 3.05) is 19.0 Å². The summed E-state index contributed by atoms with van der Waals surface area (Å²) in [6.45, 7) is 1.14. The minimum Gasteiger partial charge on any atom is -0.507 e. The van der Waals surface area contributed by atoms with E-state index in [-0.39, 0.29) is 11.3 Å². The Morgan fingerprint density at radius 3 is 2.62 bits per heavy atom. The van der Waals surface area contributed by atoms with Crippen LogP contribution in [0, 0.1) is 12.7 Å². The van der Waals surface area contributed by atoms with E-state index in [9.17, 15) is 19.1 Å². The fraction of sp³-hybridized carbons (Fsp3) is 0.176. The van der Waals surface area contributed by atoms with Gasteiger partial charge in [0.2, 0.25) is 0 Å². The minimum absolute atomic E-state index is 0.0921. The molecule has 0 unspecified atom stereocenters. The first-order chi connectivity index (χ1) is 11.4. The van der Waals surface area contributed by atoms with E-state index in [0.29, 0.717) is 17.0 Å². The van der Waals surface area contributed by atoms with E-state index < -0.39 is 24.3 Å². The van der Waals surface area contributed by atoms with Gasteiger partial charge in [0.25, 0.3) is 5.91 Å². The number of aryl methyl sites for hydroxylation is 1. The van der Waals surface area contributed by atoms with Crippen molar-refractivity contribution in [3.05, 3.63) is 53.3 Å². The Hall–Kier alpha value is -3.09. The molecule has 2 rings (SSSR count). The standard InChI is InChI=1S/C17H16FNO5/c1-10-3-4-11(18)7-14(10)19-16(21)9-24-17(22)13-6-5-12(23-2)8-15(13)20/h3-8,20H,9H2,1-2H3,(H,19,21). The van der Waals surface area contributed by atoms with E-state index in [2.05, 4.69) is 5.32 Å². The molecule has 0 saturated heterocycles. The molecule has 0 aliphatic rings. The lowest BCUT2D eigenvalue weighted by atomic mass is 10.2. The van der Waals surface area contributed by atoms with Crippen LogP contribution in [-0.4, -0.2) is 30.7 Å². The molecule has 0 saturated carbocycles. The highest BCUT2D eigenvalue weighted by molar-refractivity contribution is 5.97. The summed E-state index contributed by atoms with van der Waals surface area (Å²) >= 11 is 0. The second-order valence-electron chi connectivity index (χ2n) is 4.97. The van der Waals surface area contributed by atoms with Crippen molar-refractivity contribution in [1.29, 1.82) is 0 Å². The van der Waals surface area contributed by atoms with Gasteiger partial charge in [-0.2, -0.15) is 0 Å². The van der Waals surface area contributed by atoms with Crippen LogP contribution in [-0.2, 0) is 9.53 Å². The summed E-state index contributed by atoms with van der Waals surface area (Å²) < 4.78 is 22.9. The number of carbonyl (C=O) groups is 2. The Morgan fingerprint density at radius 2 is 1.96 bits per heavy atom. The van der Waals surface area contributed by atoms with Gasteiger partial charge in [-0.3, -0.25) is 4.79 Å². The number of hydrogen-bond donors (Lipinski definition) is 2. The molecule has 0 bridgehead atoms. The molecule has 2 N–H and O–H groups in total. The van der Waals surface area contributed by atoms with Gasteiger partial charge in [0.1, 0.15) is 22.9 Å². The number of nitrogens with one attached hydrogen (secondary N) is 1. The number of anilines is 1. The van der Waals surface area contributed by atoms with E-state index in [1.807, 2.05) is 0 Å². The summed E-state index contributed by atoms with van der Waals surface area (Å²) in [5.74, 6) is -1.91. The largest absolute Gasteiger partial charge is 0.507 e. The molecule has 2 aromatic carbocycles. The van der Waals surface area contributed by atoms with Crippen LogP contribution in [0.4, 0.5) is 10.1 Å². The van der Waals surface area contributed by atoms with Crippen molar-refractivity contribution >= 4 is 17.6 Å². The number of amides is 1. The van der Waals surface area contributed by atoms with Crippen LogP contribution in [0.25, 0.3) is 0 Å². The van der Waals surface area contributed by atoms with Gasteiger partial charge in [-0.25, -0.2) is 9.18 Å². The number of carbonyl (C=O) groups excluding carboxylic acids is 2. The topological polar surface area (TPSA) is 84.9 Å². The Balaban J connectivity index is 1.96. The molecule has 24 heavy (non-hydrogen) atoms. The highest BCUT2D eigenvalue weighted by Crippen LogP contribution is 2.24. The molecule has 0 aliphatic heterocycles. The quantitative estimate of drug-likeness (QED) is 0.822. The van der Waals surface area contributed by atoms with E-state index in [4.69, 9.17) is 9.47 Å². The summed E-state index contributed by atoms with van der Waals surface area (Å²) in [5.41, 5.74) is 0.873. The van der Waals surface area contributed by atoms with Gasteiger partial charge < -0.3 is 19.9 Å². The van der Waals surface area contributed by atoms with Crippen LogP contribution < -0.4 is 10.1 Å². The molecule has 6 nitrogen and oxygen atoms in total. The molecule has 0 spiro atoms. The molecule has 7 heteroatoms. The van der Waals surface area contributed by atoms with Crippen molar-refractivity contribution < 1.29 is 28.6 Å². The van der Waals surface area contributed by atoms with Crippen molar-refractivity contribution in [2.24, 2.45) is 0 Å². The number of benzene rings is 2. The normalized spacial score (nSPS) is 10.1. The third-order valence-corrected chi connectivity index (χ3v) is 3.23. The zero-order valence-corrected chi connectivity index (χ0v) is 13.1. The third-order valence-electron chi connectivity index (χ3n) is 3.23. The second-order valence-corrected chi connectivity index (χ2v) is 4.97. The number of ether oxygens (including phenoxy) is 2. The highest BCUT2D eigenvalue weighted by atomic mass is 19.1. The van der Waals surface area contributed by atoms with Crippen molar-refractivity contribution in [2.45, 2.75) is 6.92 Å². The molecule has 126 valence electrons. The summed E-state index contributed by atoms with van der Waals surface area (Å²) in [5, 5.41) is 12.2. The van der Waals surface area contributed by atoms with Crippen molar-refractivity contribution in [1.82, 2.24) is 0 Å². The zero-order valence-electron chi connectivity index (χ0n) is 13.1. The summed E-state index contributed by atoms with van der Waals surface area (Å²) in [6, 6.07) is 8.03. The number of halogens is 1. The van der Waals surface area contributed by atoms with Gasteiger partial charge in [-0.15, -0.1) is 0 Å². The fourth-order valence-electron chi connectivity index (χ4n) is 1.94. The minimum atomic E-state index is -0.860. The second kappa shape index (κ2) is 7.45. The number of aromatic hydroxyl groups is 1. The number of hydrogen-bond acceptors (Lipinski definition) is 5. The maximum absolute atomic E-state index is 13.2. The smallest absolute Gasteiger partial charge is 0.342 e. The lowest BCUT2D eigenvalue weighted by molar-refractivity contribution is -0.119. The van der Waals surface area contributed by atoms with E-state index in [0.717, 1.165) is 0 Å². The van der Waals surface area contributed by atoms with Crippen LogP contribution >= 0.6 is 0 Å².